The Labute approximate surface area is 643 Å². The second-order valence-electron chi connectivity index (χ2n) is 31.4. The van der Waals surface area contributed by atoms with Crippen LogP contribution in [0.1, 0.15) is 215 Å². The minimum Gasteiger partial charge on any atom is -0.462 e. The van der Waals surface area contributed by atoms with Gasteiger partial charge in [0.05, 0.1) is 35.5 Å². The van der Waals surface area contributed by atoms with Gasteiger partial charge in [0.15, 0.2) is 0 Å². The van der Waals surface area contributed by atoms with Crippen LogP contribution < -0.4 is 29.6 Å². The molecule has 2 saturated carbocycles. The lowest BCUT2D eigenvalue weighted by atomic mass is 9.80. The predicted molar refractivity (Wildman–Crippen MR) is 428 cm³/mol. The molecule has 2 heterocycles. The first-order valence-electron chi connectivity index (χ1n) is 39.2. The molecule has 13 rings (SSSR count). The molecule has 4 aliphatic rings. The van der Waals surface area contributed by atoms with Gasteiger partial charge in [0, 0.05) is 67.3 Å². The third kappa shape index (κ3) is 16.5. The molecule has 110 heavy (non-hydrogen) atoms. The number of esters is 2. The van der Waals surface area contributed by atoms with Gasteiger partial charge in [0.25, 0.3) is 23.6 Å². The van der Waals surface area contributed by atoms with Gasteiger partial charge in [-0.25, -0.2) is 9.59 Å². The first-order valence-corrected chi connectivity index (χ1v) is 39.2. The normalized spacial score (nSPS) is 15.2. The lowest BCUT2D eigenvalue weighted by molar-refractivity contribution is -0.139. The van der Waals surface area contributed by atoms with Crippen molar-refractivity contribution in [2.75, 3.05) is 26.3 Å². The monoisotopic (exact) mass is 1480 g/mol. The molecule has 18 heteroatoms. The van der Waals surface area contributed by atoms with Gasteiger partial charge in [0.2, 0.25) is 11.8 Å². The smallest absolute Gasteiger partial charge is 0.333 e. The fourth-order valence-electron chi connectivity index (χ4n) is 17.1. The molecule has 6 amide bonds. The SMILES string of the molecule is C=C(C)C(=O)OCCCCNC(=O)C(CCC1CCCCC1)N1C(=O)c2cc(Oc3cc(C)cc(C)c3)c3c4c(Oc5cc(C)cc(C)c5)cc5c6c(cc(Oc7cc(C)cc(C)c7)c(c7c(Oc8cc(C)cc(C)c8)cc(c2c37)C1=O)c64)C(=O)N(C(CCC1CCCCC1)C(=O)NCCCCOC(=O)C(=C)C)C5=O. The molecule has 0 spiro atoms. The van der Waals surface area contributed by atoms with Gasteiger partial charge < -0.3 is 39.1 Å². The summed E-state index contributed by atoms with van der Waals surface area (Å²) in [6.45, 7) is 26.7. The van der Waals surface area contributed by atoms with Crippen LogP contribution in [0.4, 0.5) is 0 Å². The number of nitrogens with zero attached hydrogens (tertiary/aromatic N) is 2. The summed E-state index contributed by atoms with van der Waals surface area (Å²) in [7, 11) is 0. The van der Waals surface area contributed by atoms with Crippen LogP contribution in [0.3, 0.4) is 0 Å². The van der Waals surface area contributed by atoms with E-state index in [1.54, 1.807) is 38.1 Å². The number of aryl methyl sites for hydroxylation is 8. The van der Waals surface area contributed by atoms with E-state index in [0.717, 1.165) is 119 Å². The predicted octanol–water partition coefficient (Wildman–Crippen LogP) is 20.1. The number of carbonyl (C=O) groups is 8. The molecule has 2 N–H and O–H groups in total. The van der Waals surface area contributed by atoms with Crippen molar-refractivity contribution in [3.63, 3.8) is 0 Å². The lowest BCUT2D eigenvalue weighted by Crippen LogP contribution is -2.54. The Morgan fingerprint density at radius 1 is 0.373 bits per heavy atom. The van der Waals surface area contributed by atoms with Gasteiger partial charge in [-0.1, -0.05) is 102 Å². The first kappa shape index (κ1) is 77.3. The van der Waals surface area contributed by atoms with E-state index in [1.807, 2.05) is 128 Å². The number of nitrogens with one attached hydrogen (secondary N) is 2. The summed E-state index contributed by atoms with van der Waals surface area (Å²) < 4.78 is 40.4. The molecule has 2 aliphatic carbocycles. The molecule has 9 aromatic rings. The lowest BCUT2D eigenvalue weighted by Gasteiger charge is -2.36. The molecular weight excluding hydrogens is 1390 g/mol. The van der Waals surface area contributed by atoms with Crippen LogP contribution in [0.2, 0.25) is 0 Å². The average Bonchev–Trinajstić information content (AvgIpc) is 0.670. The minimum atomic E-state index is -1.29. The molecule has 2 aliphatic heterocycles. The largest absolute Gasteiger partial charge is 0.462 e. The number of imide groups is 2. The van der Waals surface area contributed by atoms with Crippen LogP contribution in [-0.4, -0.2) is 95.6 Å². The number of unbranched alkanes of at least 4 members (excludes halogenated alkanes) is 2. The van der Waals surface area contributed by atoms with Gasteiger partial charge >= 0.3 is 11.9 Å². The molecule has 0 radical (unpaired) electrons. The Morgan fingerprint density at radius 3 is 0.891 bits per heavy atom. The highest BCUT2D eigenvalue weighted by Gasteiger charge is 2.47. The Hall–Kier alpha value is -10.9. The van der Waals surface area contributed by atoms with Gasteiger partial charge in [-0.2, -0.15) is 0 Å². The van der Waals surface area contributed by atoms with E-state index in [4.69, 9.17) is 28.4 Å². The number of amides is 6. The Kier molecular flexibility index (Phi) is 23.3. The van der Waals surface area contributed by atoms with E-state index in [-0.39, 0.29) is 118 Å². The molecule has 2 fully saturated rings. The fourth-order valence-corrected chi connectivity index (χ4v) is 17.1. The maximum Gasteiger partial charge on any atom is 0.333 e. The average molecular weight is 1490 g/mol. The zero-order valence-corrected chi connectivity index (χ0v) is 65.1. The van der Waals surface area contributed by atoms with Crippen LogP contribution in [0.25, 0.3) is 43.1 Å². The second-order valence-corrected chi connectivity index (χ2v) is 31.4. The zero-order chi connectivity index (χ0) is 77.9. The Bertz CT molecular complexity index is 4570. The highest BCUT2D eigenvalue weighted by molar-refractivity contribution is 6.45. The molecule has 0 bridgehead atoms. The molecule has 572 valence electrons. The van der Waals surface area contributed by atoms with E-state index >= 15 is 28.8 Å². The quantitative estimate of drug-likeness (QED) is 0.0107. The van der Waals surface area contributed by atoms with Gasteiger partial charge in [-0.05, 0) is 250 Å². The van der Waals surface area contributed by atoms with Crippen LogP contribution >= 0.6 is 0 Å². The number of hydrogen-bond acceptors (Lipinski definition) is 14. The summed E-state index contributed by atoms with van der Waals surface area (Å²) in [4.78, 5) is 124. The zero-order valence-electron chi connectivity index (χ0n) is 65.1. The first-order chi connectivity index (χ1) is 52.8. The van der Waals surface area contributed by atoms with E-state index < -0.39 is 59.5 Å². The van der Waals surface area contributed by atoms with Crippen molar-refractivity contribution in [3.8, 4) is 46.0 Å². The Morgan fingerprint density at radius 2 is 0.636 bits per heavy atom. The Balaban J connectivity index is 1.10. The standard InChI is InChI=1S/C92H100N4O14/c1-51(2)91(103)105-33-21-19-31-93-85(97)71(29-27-61-23-15-13-16-24-61)95-87(99)67-47-73(107-63-39-53(5)35-54(6)40-63)79-81-75(109-65-43-57(9)37-58(10)44-65)49-69-78-70(90(102)96(89(69)101)72(30-28-62-25-17-14-18-26-62)86(98)94-32-20-22-34-106-92(104)52(3)4)50-76(110-66-45-59(11)38-60(12)46-66)82(84(78)81)80-74(48-68(88(95)100)77(67)83(79)80)108-64-41-55(7)36-56(8)42-64/h35-50,61-62,71-72H,1,3,13-34H2,2,4-12H3,(H,93,97)(H,94,98). The molecule has 18 nitrogen and oxygen atoms in total. The maximum atomic E-state index is 16.6. The topological polar surface area (TPSA) is 222 Å². The summed E-state index contributed by atoms with van der Waals surface area (Å²) in [5.41, 5.74) is 7.77. The number of carbonyl (C=O) groups excluding carboxylic acids is 8. The van der Waals surface area contributed by atoms with Crippen molar-refractivity contribution in [2.45, 2.75) is 197 Å². The number of benzene rings is 9. The van der Waals surface area contributed by atoms with Crippen LogP contribution in [-0.2, 0) is 28.7 Å². The van der Waals surface area contributed by atoms with E-state index in [2.05, 4.69) is 23.8 Å². The van der Waals surface area contributed by atoms with Crippen LogP contribution in [0.15, 0.2) is 121 Å². The number of rotatable bonds is 30. The van der Waals surface area contributed by atoms with Gasteiger partial charge in [0.1, 0.15) is 58.1 Å². The molecule has 0 aromatic heterocycles. The minimum absolute atomic E-state index is 0.0547. The number of ether oxygens (including phenoxy) is 6. The highest BCUT2D eigenvalue weighted by Crippen LogP contribution is 2.58. The summed E-state index contributed by atoms with van der Waals surface area (Å²) in [6, 6.07) is 27.2. The molecule has 9 aromatic carbocycles. The number of fused-ring (bicyclic) bond motifs is 2. The summed E-state index contributed by atoms with van der Waals surface area (Å²) in [6.07, 6.45) is 13.3. The van der Waals surface area contributed by atoms with Crippen molar-refractivity contribution in [3.05, 3.63) is 188 Å². The van der Waals surface area contributed by atoms with Crippen molar-refractivity contribution in [1.82, 2.24) is 20.4 Å². The third-order valence-electron chi connectivity index (χ3n) is 21.9. The summed E-state index contributed by atoms with van der Waals surface area (Å²) in [5, 5.41) is 8.56. The highest BCUT2D eigenvalue weighted by atomic mass is 16.5. The van der Waals surface area contributed by atoms with Crippen LogP contribution in [0.5, 0.6) is 46.0 Å². The van der Waals surface area contributed by atoms with Crippen LogP contribution in [0, 0.1) is 67.2 Å². The summed E-state index contributed by atoms with van der Waals surface area (Å²) >= 11 is 0. The van der Waals surface area contributed by atoms with E-state index in [9.17, 15) is 9.59 Å². The van der Waals surface area contributed by atoms with Crippen molar-refractivity contribution in [2.24, 2.45) is 11.8 Å². The van der Waals surface area contributed by atoms with Gasteiger partial charge in [-0.3, -0.25) is 38.6 Å². The second kappa shape index (κ2) is 33.1. The third-order valence-corrected chi connectivity index (χ3v) is 21.9. The maximum absolute atomic E-state index is 16.6. The molecular formula is C92H100N4O14. The summed E-state index contributed by atoms with van der Waals surface area (Å²) in [5.74, 6) is -2.36. The fraction of sp³-hybridized carbons (Fsp3) is 0.391. The van der Waals surface area contributed by atoms with Crippen molar-refractivity contribution < 1.29 is 66.8 Å². The van der Waals surface area contributed by atoms with Gasteiger partial charge in [-0.15, -0.1) is 0 Å². The molecule has 0 saturated heterocycles. The number of hydrogen-bond donors (Lipinski definition) is 2. The van der Waals surface area contributed by atoms with E-state index in [1.165, 1.54) is 0 Å². The molecule has 2 unspecified atom stereocenters. The van der Waals surface area contributed by atoms with Crippen molar-refractivity contribution in [1.29, 1.82) is 0 Å². The van der Waals surface area contributed by atoms with E-state index in [0.29, 0.717) is 93.8 Å². The van der Waals surface area contributed by atoms with Crippen molar-refractivity contribution >= 4 is 90.5 Å². The molecule has 2 atom stereocenters.